The predicted molar refractivity (Wildman–Crippen MR) is 109 cm³/mol. The molecule has 0 radical (unpaired) electrons. The minimum atomic E-state index is 0.159. The van der Waals surface area contributed by atoms with Crippen molar-refractivity contribution in [3.63, 3.8) is 0 Å². The summed E-state index contributed by atoms with van der Waals surface area (Å²) < 4.78 is 0. The smallest absolute Gasteiger partial charge is 0.124 e. The summed E-state index contributed by atoms with van der Waals surface area (Å²) in [5.74, 6) is 1.05. The SMILES string of the molecule is C/C(C1=C(N)N([C@H]2CCCNC2)CCC1)=C(/C)c1c(C)cc(C#N)cc1O. The maximum atomic E-state index is 10.5. The number of allylic oxidation sites excluding steroid dienone is 3. The number of benzene rings is 1. The molecule has 0 aliphatic carbocycles. The van der Waals surface area contributed by atoms with Crippen LogP contribution in [0.3, 0.4) is 0 Å². The fourth-order valence-corrected chi connectivity index (χ4v) is 4.44. The first-order valence-electron chi connectivity index (χ1n) is 9.82. The van der Waals surface area contributed by atoms with Gasteiger partial charge in [0, 0.05) is 24.7 Å². The highest BCUT2D eigenvalue weighted by molar-refractivity contribution is 5.77. The lowest BCUT2D eigenvalue weighted by molar-refractivity contribution is 0.195. The molecule has 1 aromatic rings. The highest BCUT2D eigenvalue weighted by atomic mass is 16.3. The molecule has 2 aliphatic rings. The van der Waals surface area contributed by atoms with Crippen LogP contribution >= 0.6 is 0 Å². The zero-order valence-corrected chi connectivity index (χ0v) is 16.6. The summed E-state index contributed by atoms with van der Waals surface area (Å²) in [5.41, 5.74) is 12.2. The molecule has 1 aromatic carbocycles. The Morgan fingerprint density at radius 2 is 2.07 bits per heavy atom. The van der Waals surface area contributed by atoms with Crippen LogP contribution in [0.5, 0.6) is 5.75 Å². The molecule has 1 saturated heterocycles. The second-order valence-corrected chi connectivity index (χ2v) is 7.71. The van der Waals surface area contributed by atoms with Crippen LogP contribution in [0.15, 0.2) is 29.1 Å². The number of aryl methyl sites for hydroxylation is 1. The van der Waals surface area contributed by atoms with Crippen LogP contribution in [0.2, 0.25) is 0 Å². The number of nitrogens with two attached hydrogens (primary N) is 1. The van der Waals surface area contributed by atoms with Gasteiger partial charge >= 0.3 is 0 Å². The van der Waals surface area contributed by atoms with Crippen molar-refractivity contribution in [3.05, 3.63) is 45.8 Å². The topological polar surface area (TPSA) is 85.3 Å². The van der Waals surface area contributed by atoms with Crippen molar-refractivity contribution in [3.8, 4) is 11.8 Å². The van der Waals surface area contributed by atoms with E-state index >= 15 is 0 Å². The lowest BCUT2D eigenvalue weighted by atomic mass is 9.89. The van der Waals surface area contributed by atoms with E-state index in [0.29, 0.717) is 11.6 Å². The molecule has 5 nitrogen and oxygen atoms in total. The van der Waals surface area contributed by atoms with Gasteiger partial charge in [0.2, 0.25) is 0 Å². The summed E-state index contributed by atoms with van der Waals surface area (Å²) in [7, 11) is 0. The number of rotatable bonds is 3. The van der Waals surface area contributed by atoms with Crippen LogP contribution < -0.4 is 11.1 Å². The quantitative estimate of drug-likeness (QED) is 0.763. The van der Waals surface area contributed by atoms with Crippen molar-refractivity contribution < 1.29 is 5.11 Å². The van der Waals surface area contributed by atoms with Crippen LogP contribution in [-0.4, -0.2) is 35.7 Å². The largest absolute Gasteiger partial charge is 0.507 e. The Bertz CT molecular complexity index is 802. The van der Waals surface area contributed by atoms with Crippen molar-refractivity contribution in [2.24, 2.45) is 5.73 Å². The molecular formula is C22H30N4O. The van der Waals surface area contributed by atoms with Crippen molar-refractivity contribution in [2.45, 2.75) is 52.5 Å². The van der Waals surface area contributed by atoms with Crippen LogP contribution in [0.25, 0.3) is 5.57 Å². The zero-order valence-electron chi connectivity index (χ0n) is 16.6. The van der Waals surface area contributed by atoms with Crippen LogP contribution in [-0.2, 0) is 0 Å². The minimum absolute atomic E-state index is 0.159. The van der Waals surface area contributed by atoms with Gasteiger partial charge in [-0.25, -0.2) is 0 Å². The third-order valence-electron chi connectivity index (χ3n) is 5.99. The van der Waals surface area contributed by atoms with E-state index in [9.17, 15) is 5.11 Å². The maximum Gasteiger partial charge on any atom is 0.124 e. The van der Waals surface area contributed by atoms with Crippen molar-refractivity contribution in [1.29, 1.82) is 5.26 Å². The first-order valence-corrected chi connectivity index (χ1v) is 9.82. The van der Waals surface area contributed by atoms with Crippen LogP contribution in [0.4, 0.5) is 0 Å². The molecule has 0 unspecified atom stereocenters. The monoisotopic (exact) mass is 366 g/mol. The second kappa shape index (κ2) is 8.06. The predicted octanol–water partition coefficient (Wildman–Crippen LogP) is 3.38. The number of piperidine rings is 1. The van der Waals surface area contributed by atoms with E-state index in [4.69, 9.17) is 11.0 Å². The van der Waals surface area contributed by atoms with Gasteiger partial charge < -0.3 is 21.1 Å². The first-order chi connectivity index (χ1) is 12.9. The molecule has 0 bridgehead atoms. The Morgan fingerprint density at radius 3 is 2.70 bits per heavy atom. The van der Waals surface area contributed by atoms with E-state index in [1.165, 1.54) is 24.5 Å². The van der Waals surface area contributed by atoms with E-state index in [1.54, 1.807) is 0 Å². The van der Waals surface area contributed by atoms with Gasteiger partial charge in [-0.1, -0.05) is 0 Å². The van der Waals surface area contributed by atoms with Gasteiger partial charge in [-0.15, -0.1) is 0 Å². The Kier molecular flexibility index (Phi) is 5.76. The fraction of sp³-hybridized carbons (Fsp3) is 0.500. The van der Waals surface area contributed by atoms with Gasteiger partial charge in [0.05, 0.1) is 11.6 Å². The summed E-state index contributed by atoms with van der Waals surface area (Å²) in [6.45, 7) is 9.16. The number of phenols is 1. The van der Waals surface area contributed by atoms with E-state index in [-0.39, 0.29) is 5.75 Å². The van der Waals surface area contributed by atoms with E-state index in [2.05, 4.69) is 23.2 Å². The first kappa shape index (κ1) is 19.3. The molecular weight excluding hydrogens is 336 g/mol. The average Bonchev–Trinajstić information content (AvgIpc) is 2.67. The highest BCUT2D eigenvalue weighted by Crippen LogP contribution is 2.36. The van der Waals surface area contributed by atoms with Crippen LogP contribution in [0.1, 0.15) is 56.2 Å². The highest BCUT2D eigenvalue weighted by Gasteiger charge is 2.27. The van der Waals surface area contributed by atoms with Gasteiger partial charge in [0.15, 0.2) is 0 Å². The number of hydrogen-bond acceptors (Lipinski definition) is 5. The molecule has 0 amide bonds. The fourth-order valence-electron chi connectivity index (χ4n) is 4.44. The van der Waals surface area contributed by atoms with Crippen LogP contribution in [0, 0.1) is 18.3 Å². The molecule has 144 valence electrons. The van der Waals surface area contributed by atoms with Gasteiger partial charge in [0.1, 0.15) is 11.6 Å². The Balaban J connectivity index is 2.00. The molecule has 27 heavy (non-hydrogen) atoms. The average molecular weight is 367 g/mol. The van der Waals surface area contributed by atoms with Crippen molar-refractivity contribution in [1.82, 2.24) is 10.2 Å². The normalized spacial score (nSPS) is 21.7. The molecule has 2 aliphatic heterocycles. The second-order valence-electron chi connectivity index (χ2n) is 7.71. The maximum absolute atomic E-state index is 10.5. The third kappa shape index (κ3) is 3.81. The van der Waals surface area contributed by atoms with Gasteiger partial charge in [-0.3, -0.25) is 0 Å². The number of aromatic hydroxyl groups is 1. The Morgan fingerprint density at radius 1 is 1.30 bits per heavy atom. The Labute approximate surface area is 162 Å². The third-order valence-corrected chi connectivity index (χ3v) is 5.99. The number of nitriles is 1. The summed E-state index contributed by atoms with van der Waals surface area (Å²) in [6, 6.07) is 5.93. The van der Waals surface area contributed by atoms with E-state index in [1.807, 2.05) is 19.9 Å². The standard InChI is InChI=1S/C22H30N4O/c1-14-10-17(12-23)11-20(27)21(14)16(3)15(2)19-7-5-9-26(22(19)24)18-6-4-8-25-13-18/h10-11,18,25,27H,4-9,13,24H2,1-3H3/b16-15+/t18-/m0/s1. The summed E-state index contributed by atoms with van der Waals surface area (Å²) in [6.07, 6.45) is 4.42. The van der Waals surface area contributed by atoms with E-state index in [0.717, 1.165) is 60.6 Å². The molecule has 3 rings (SSSR count). The molecule has 1 atom stereocenters. The molecule has 0 aromatic heterocycles. The molecule has 4 N–H and O–H groups in total. The number of hydrogen-bond donors (Lipinski definition) is 3. The number of nitrogens with one attached hydrogen (secondary N) is 1. The molecule has 5 heteroatoms. The lowest BCUT2D eigenvalue weighted by Gasteiger charge is -2.40. The van der Waals surface area contributed by atoms with Gasteiger partial charge in [-0.2, -0.15) is 5.26 Å². The van der Waals surface area contributed by atoms with Gasteiger partial charge in [-0.05, 0) is 87.4 Å². The number of phenolic OH excluding ortho intramolecular Hbond substituents is 1. The molecule has 0 spiro atoms. The number of nitrogens with zero attached hydrogens (tertiary/aromatic N) is 2. The van der Waals surface area contributed by atoms with Gasteiger partial charge in [0.25, 0.3) is 0 Å². The molecule has 2 heterocycles. The molecule has 1 fully saturated rings. The molecule has 0 saturated carbocycles. The van der Waals surface area contributed by atoms with E-state index < -0.39 is 0 Å². The van der Waals surface area contributed by atoms with Crippen molar-refractivity contribution >= 4 is 5.57 Å². The summed E-state index contributed by atoms with van der Waals surface area (Å²) in [4.78, 5) is 2.37. The lowest BCUT2D eigenvalue weighted by Crippen LogP contribution is -2.49. The summed E-state index contributed by atoms with van der Waals surface area (Å²) in [5, 5.41) is 23.1. The summed E-state index contributed by atoms with van der Waals surface area (Å²) >= 11 is 0. The Hall–Kier alpha value is -2.45. The van der Waals surface area contributed by atoms with Crippen molar-refractivity contribution in [2.75, 3.05) is 19.6 Å². The zero-order chi connectivity index (χ0) is 19.6. The minimum Gasteiger partial charge on any atom is -0.507 e.